The van der Waals surface area contributed by atoms with E-state index in [-0.39, 0.29) is 23.8 Å². The number of carbonyl (C=O) groups excluding carboxylic acids is 2. The average molecular weight is 288 g/mol. The van der Waals surface area contributed by atoms with Crippen molar-refractivity contribution in [1.82, 2.24) is 10.2 Å². The van der Waals surface area contributed by atoms with Crippen LogP contribution in [0.1, 0.15) is 31.4 Å². The molecule has 1 fully saturated rings. The maximum atomic E-state index is 12.0. The molecule has 0 saturated carbocycles. The smallest absolute Gasteiger partial charge is 0.224 e. The van der Waals surface area contributed by atoms with E-state index in [1.54, 1.807) is 0 Å². The maximum absolute atomic E-state index is 12.0. The second kappa shape index (κ2) is 6.74. The molecule has 0 bridgehead atoms. The summed E-state index contributed by atoms with van der Waals surface area (Å²) < 4.78 is 0. The highest BCUT2D eigenvalue weighted by molar-refractivity contribution is 5.80. The Morgan fingerprint density at radius 3 is 2.81 bits per heavy atom. The summed E-state index contributed by atoms with van der Waals surface area (Å²) in [6, 6.07) is 8.22. The highest BCUT2D eigenvalue weighted by Gasteiger charge is 2.30. The molecule has 21 heavy (non-hydrogen) atoms. The van der Waals surface area contributed by atoms with Gasteiger partial charge in [-0.1, -0.05) is 29.8 Å². The first-order valence-electron chi connectivity index (χ1n) is 7.57. The fourth-order valence-corrected chi connectivity index (χ4v) is 2.77. The van der Waals surface area contributed by atoms with Crippen LogP contribution >= 0.6 is 0 Å². The zero-order valence-electron chi connectivity index (χ0n) is 13.1. The number of amides is 2. The molecule has 2 amide bonds. The molecule has 1 heterocycles. The van der Waals surface area contributed by atoms with Gasteiger partial charge in [-0.3, -0.25) is 9.59 Å². The Morgan fingerprint density at radius 2 is 2.19 bits per heavy atom. The highest BCUT2D eigenvalue weighted by atomic mass is 16.2. The molecule has 0 aromatic heterocycles. The second-order valence-electron chi connectivity index (χ2n) is 6.18. The molecule has 0 aliphatic carbocycles. The molecule has 1 saturated heterocycles. The molecule has 1 N–H and O–H groups in total. The Balaban J connectivity index is 1.79. The SMILES string of the molecule is Cc1cccc(CC(=O)NCC2CC(=O)N(C(C)C)C2)c1. The quantitative estimate of drug-likeness (QED) is 0.900. The lowest BCUT2D eigenvalue weighted by Crippen LogP contribution is -2.34. The predicted molar refractivity (Wildman–Crippen MR) is 82.8 cm³/mol. The summed E-state index contributed by atoms with van der Waals surface area (Å²) >= 11 is 0. The van der Waals surface area contributed by atoms with Crippen molar-refractivity contribution >= 4 is 11.8 Å². The van der Waals surface area contributed by atoms with Crippen LogP contribution in [0.2, 0.25) is 0 Å². The third kappa shape index (κ3) is 4.31. The van der Waals surface area contributed by atoms with E-state index < -0.39 is 0 Å². The van der Waals surface area contributed by atoms with Gasteiger partial charge in [0, 0.05) is 31.5 Å². The number of carbonyl (C=O) groups is 2. The van der Waals surface area contributed by atoms with Gasteiger partial charge in [0.25, 0.3) is 0 Å². The number of aryl methyl sites for hydroxylation is 1. The van der Waals surface area contributed by atoms with Gasteiger partial charge in [0.05, 0.1) is 6.42 Å². The standard InChI is InChI=1S/C17H24N2O2/c1-12(2)19-11-15(9-17(19)21)10-18-16(20)8-14-6-4-5-13(3)7-14/h4-7,12,15H,8-11H2,1-3H3,(H,18,20). The summed E-state index contributed by atoms with van der Waals surface area (Å²) in [6.45, 7) is 7.40. The number of hydrogen-bond donors (Lipinski definition) is 1. The monoisotopic (exact) mass is 288 g/mol. The van der Waals surface area contributed by atoms with Crippen LogP contribution in [0.25, 0.3) is 0 Å². The topological polar surface area (TPSA) is 49.4 Å². The summed E-state index contributed by atoms with van der Waals surface area (Å²) in [6.07, 6.45) is 0.944. The Morgan fingerprint density at radius 1 is 1.43 bits per heavy atom. The molecule has 1 atom stereocenters. The average Bonchev–Trinajstić information content (AvgIpc) is 2.78. The van der Waals surface area contributed by atoms with Gasteiger partial charge in [-0.15, -0.1) is 0 Å². The van der Waals surface area contributed by atoms with Gasteiger partial charge in [-0.2, -0.15) is 0 Å². The Hall–Kier alpha value is -1.84. The fourth-order valence-electron chi connectivity index (χ4n) is 2.77. The van der Waals surface area contributed by atoms with Gasteiger partial charge < -0.3 is 10.2 Å². The van der Waals surface area contributed by atoms with Crippen molar-refractivity contribution in [2.45, 2.75) is 39.7 Å². The van der Waals surface area contributed by atoms with E-state index in [0.717, 1.165) is 17.7 Å². The van der Waals surface area contributed by atoms with Gasteiger partial charge in [-0.05, 0) is 26.3 Å². The van der Waals surface area contributed by atoms with E-state index >= 15 is 0 Å². The molecular weight excluding hydrogens is 264 g/mol. The lowest BCUT2D eigenvalue weighted by atomic mass is 10.1. The number of nitrogens with one attached hydrogen (secondary N) is 1. The molecule has 4 heteroatoms. The van der Waals surface area contributed by atoms with Crippen molar-refractivity contribution in [3.63, 3.8) is 0 Å². The molecular formula is C17H24N2O2. The summed E-state index contributed by atoms with van der Waals surface area (Å²) in [4.78, 5) is 25.7. The van der Waals surface area contributed by atoms with Crippen molar-refractivity contribution < 1.29 is 9.59 Å². The van der Waals surface area contributed by atoms with Crippen LogP contribution in [0.3, 0.4) is 0 Å². The molecule has 1 unspecified atom stereocenters. The molecule has 1 aliphatic rings. The molecule has 1 aromatic carbocycles. The van der Waals surface area contributed by atoms with Crippen molar-refractivity contribution in [2.24, 2.45) is 5.92 Å². The third-order valence-corrected chi connectivity index (χ3v) is 3.90. The minimum absolute atomic E-state index is 0.0241. The zero-order valence-corrected chi connectivity index (χ0v) is 13.1. The molecule has 0 radical (unpaired) electrons. The van der Waals surface area contributed by atoms with Crippen molar-refractivity contribution in [1.29, 1.82) is 0 Å². The van der Waals surface area contributed by atoms with Crippen LogP contribution in [-0.2, 0) is 16.0 Å². The van der Waals surface area contributed by atoms with E-state index in [1.807, 2.05) is 49.9 Å². The molecule has 2 rings (SSSR count). The van der Waals surface area contributed by atoms with Gasteiger partial charge in [0.15, 0.2) is 0 Å². The molecule has 4 nitrogen and oxygen atoms in total. The first-order valence-corrected chi connectivity index (χ1v) is 7.57. The van der Waals surface area contributed by atoms with Crippen molar-refractivity contribution in [3.05, 3.63) is 35.4 Å². The first-order chi connectivity index (χ1) is 9.95. The normalized spacial score (nSPS) is 18.4. The predicted octanol–water partition coefficient (Wildman–Crippen LogP) is 1.91. The lowest BCUT2D eigenvalue weighted by Gasteiger charge is -2.21. The van der Waals surface area contributed by atoms with Crippen LogP contribution in [0.15, 0.2) is 24.3 Å². The summed E-state index contributed by atoms with van der Waals surface area (Å²) in [5, 5.41) is 2.95. The molecule has 0 spiro atoms. The van der Waals surface area contributed by atoms with Crippen molar-refractivity contribution in [2.75, 3.05) is 13.1 Å². The molecule has 114 valence electrons. The third-order valence-electron chi connectivity index (χ3n) is 3.90. The maximum Gasteiger partial charge on any atom is 0.224 e. The van der Waals surface area contributed by atoms with Crippen LogP contribution in [0.4, 0.5) is 0 Å². The van der Waals surface area contributed by atoms with Gasteiger partial charge in [0.2, 0.25) is 11.8 Å². The van der Waals surface area contributed by atoms with Crippen LogP contribution in [-0.4, -0.2) is 35.8 Å². The van der Waals surface area contributed by atoms with E-state index in [0.29, 0.717) is 19.4 Å². The van der Waals surface area contributed by atoms with Crippen molar-refractivity contribution in [3.8, 4) is 0 Å². The van der Waals surface area contributed by atoms with E-state index in [2.05, 4.69) is 5.32 Å². The summed E-state index contributed by atoms with van der Waals surface area (Å²) in [5.41, 5.74) is 2.19. The van der Waals surface area contributed by atoms with Crippen LogP contribution in [0, 0.1) is 12.8 Å². The number of rotatable bonds is 5. The van der Waals surface area contributed by atoms with E-state index in [1.165, 1.54) is 0 Å². The van der Waals surface area contributed by atoms with Gasteiger partial charge in [-0.25, -0.2) is 0 Å². The Labute approximate surface area is 126 Å². The minimum atomic E-state index is 0.0241. The Kier molecular flexibility index (Phi) is 4.99. The molecule has 1 aromatic rings. The summed E-state index contributed by atoms with van der Waals surface area (Å²) in [5.74, 6) is 0.459. The number of hydrogen-bond acceptors (Lipinski definition) is 2. The van der Waals surface area contributed by atoms with Crippen LogP contribution < -0.4 is 5.32 Å². The first kappa shape index (κ1) is 15.5. The number of benzene rings is 1. The van der Waals surface area contributed by atoms with Gasteiger partial charge in [0.1, 0.15) is 0 Å². The lowest BCUT2D eigenvalue weighted by molar-refractivity contribution is -0.129. The number of nitrogens with zero attached hydrogens (tertiary/aromatic N) is 1. The zero-order chi connectivity index (χ0) is 15.4. The Bertz CT molecular complexity index is 525. The highest BCUT2D eigenvalue weighted by Crippen LogP contribution is 2.19. The van der Waals surface area contributed by atoms with Crippen LogP contribution in [0.5, 0.6) is 0 Å². The largest absolute Gasteiger partial charge is 0.355 e. The second-order valence-corrected chi connectivity index (χ2v) is 6.18. The molecule has 1 aliphatic heterocycles. The van der Waals surface area contributed by atoms with Gasteiger partial charge >= 0.3 is 0 Å². The fraction of sp³-hybridized carbons (Fsp3) is 0.529. The number of likely N-dealkylation sites (tertiary alicyclic amines) is 1. The van der Waals surface area contributed by atoms with E-state index in [4.69, 9.17) is 0 Å². The van der Waals surface area contributed by atoms with E-state index in [9.17, 15) is 9.59 Å². The summed E-state index contributed by atoms with van der Waals surface area (Å²) in [7, 11) is 0. The minimum Gasteiger partial charge on any atom is -0.355 e.